The van der Waals surface area contributed by atoms with Gasteiger partial charge in [0.15, 0.2) is 5.78 Å². The van der Waals surface area contributed by atoms with Crippen LogP contribution in [0.25, 0.3) is 0 Å². The van der Waals surface area contributed by atoms with Crippen LogP contribution >= 0.6 is 0 Å². The first-order valence-corrected chi connectivity index (χ1v) is 4.40. The van der Waals surface area contributed by atoms with Gasteiger partial charge in [-0.05, 0) is 0 Å². The predicted molar refractivity (Wildman–Crippen MR) is 52.7 cm³/mol. The van der Waals surface area contributed by atoms with E-state index >= 15 is 0 Å². The van der Waals surface area contributed by atoms with Gasteiger partial charge in [-0.1, -0.05) is 6.92 Å². The number of ketones is 1. The van der Waals surface area contributed by atoms with Crippen molar-refractivity contribution < 1.29 is 9.72 Å². The lowest BCUT2D eigenvalue weighted by Crippen LogP contribution is -2.14. The molecule has 0 aliphatic carbocycles. The zero-order valence-corrected chi connectivity index (χ0v) is 8.17. The number of rotatable bonds is 4. The Balaban J connectivity index is 3.03. The molecule has 6 heteroatoms. The average Bonchev–Trinajstić information content (AvgIpc) is 2.20. The third-order valence-corrected chi connectivity index (χ3v) is 1.91. The smallest absolute Gasteiger partial charge is 0.332 e. The Kier molecular flexibility index (Phi) is 3.33. The normalized spacial score (nSPS) is 9.93. The number of pyridine rings is 1. The third kappa shape index (κ3) is 2.73. The lowest BCUT2D eigenvalue weighted by atomic mass is 10.3. The molecule has 0 aromatic carbocycles. The molecule has 0 atom stereocenters. The van der Waals surface area contributed by atoms with Crippen LogP contribution in [0.3, 0.4) is 0 Å². The van der Waals surface area contributed by atoms with Crippen LogP contribution in [0.15, 0.2) is 23.3 Å². The molecular weight excluding hydrogens is 200 g/mol. The molecule has 1 aromatic rings. The number of nitrogens with zero attached hydrogens (tertiary/aromatic N) is 2. The Morgan fingerprint density at radius 2 is 2.27 bits per heavy atom. The minimum absolute atomic E-state index is 0.0482. The van der Waals surface area contributed by atoms with Crippen molar-refractivity contribution >= 4 is 11.5 Å². The molecule has 80 valence electrons. The number of nitro groups is 1. The van der Waals surface area contributed by atoms with E-state index in [1.54, 1.807) is 6.92 Å². The third-order valence-electron chi connectivity index (χ3n) is 1.91. The highest BCUT2D eigenvalue weighted by atomic mass is 16.6. The van der Waals surface area contributed by atoms with Gasteiger partial charge >= 0.3 is 5.69 Å². The monoisotopic (exact) mass is 210 g/mol. The van der Waals surface area contributed by atoms with Crippen LogP contribution in [0, 0.1) is 10.1 Å². The van der Waals surface area contributed by atoms with Crippen molar-refractivity contribution in [3.05, 3.63) is 38.8 Å². The molecule has 0 radical (unpaired) electrons. The second-order valence-electron chi connectivity index (χ2n) is 3.02. The van der Waals surface area contributed by atoms with Crippen molar-refractivity contribution in [1.82, 2.24) is 4.57 Å². The second kappa shape index (κ2) is 4.50. The summed E-state index contributed by atoms with van der Waals surface area (Å²) in [7, 11) is 0. The maximum absolute atomic E-state index is 11.1. The summed E-state index contributed by atoms with van der Waals surface area (Å²) in [5, 5.41) is 10.4. The minimum atomic E-state index is -0.755. The van der Waals surface area contributed by atoms with Crippen LogP contribution in [0.2, 0.25) is 0 Å². The molecule has 1 aromatic heterocycles. The molecule has 0 amide bonds. The van der Waals surface area contributed by atoms with E-state index < -0.39 is 16.0 Å². The second-order valence-corrected chi connectivity index (χ2v) is 3.02. The van der Waals surface area contributed by atoms with Gasteiger partial charge in [0.1, 0.15) is 0 Å². The van der Waals surface area contributed by atoms with Crippen LogP contribution < -0.4 is 5.43 Å². The van der Waals surface area contributed by atoms with Crippen LogP contribution in [0.1, 0.15) is 13.3 Å². The largest absolute Gasteiger partial charge is 0.341 e. The first-order chi connectivity index (χ1) is 7.04. The van der Waals surface area contributed by atoms with E-state index in [-0.39, 0.29) is 12.3 Å². The molecule has 0 fully saturated rings. The summed E-state index contributed by atoms with van der Waals surface area (Å²) in [6, 6.07) is 1.08. The van der Waals surface area contributed by atoms with E-state index in [1.165, 1.54) is 10.8 Å². The van der Waals surface area contributed by atoms with Gasteiger partial charge in [-0.2, -0.15) is 0 Å². The highest BCUT2D eigenvalue weighted by Crippen LogP contribution is 2.02. The van der Waals surface area contributed by atoms with Gasteiger partial charge < -0.3 is 4.57 Å². The number of hydrogen-bond acceptors (Lipinski definition) is 4. The molecule has 0 bridgehead atoms. The van der Waals surface area contributed by atoms with Gasteiger partial charge in [0, 0.05) is 18.7 Å². The van der Waals surface area contributed by atoms with E-state index in [4.69, 9.17) is 0 Å². The number of hydrogen-bond donors (Lipinski definition) is 0. The van der Waals surface area contributed by atoms with Crippen molar-refractivity contribution in [2.45, 2.75) is 19.9 Å². The summed E-state index contributed by atoms with van der Waals surface area (Å²) in [4.78, 5) is 31.8. The summed E-state index contributed by atoms with van der Waals surface area (Å²) >= 11 is 0. The van der Waals surface area contributed by atoms with Crippen molar-refractivity contribution in [2.24, 2.45) is 0 Å². The summed E-state index contributed by atoms with van der Waals surface area (Å²) in [6.07, 6.45) is 2.80. The highest BCUT2D eigenvalue weighted by molar-refractivity contribution is 5.77. The van der Waals surface area contributed by atoms with Gasteiger partial charge in [-0.3, -0.25) is 19.7 Å². The van der Waals surface area contributed by atoms with Gasteiger partial charge in [0.05, 0.1) is 17.7 Å². The minimum Gasteiger partial charge on any atom is -0.341 e. The van der Waals surface area contributed by atoms with E-state index in [2.05, 4.69) is 0 Å². The molecule has 0 saturated heterocycles. The maximum atomic E-state index is 11.1. The molecule has 6 nitrogen and oxygen atoms in total. The van der Waals surface area contributed by atoms with Crippen LogP contribution in [0.4, 0.5) is 5.69 Å². The highest BCUT2D eigenvalue weighted by Gasteiger charge is 2.12. The summed E-state index contributed by atoms with van der Waals surface area (Å²) in [6.45, 7) is 1.76. The Labute approximate surface area is 85.3 Å². The quantitative estimate of drug-likeness (QED) is 0.542. The van der Waals surface area contributed by atoms with Gasteiger partial charge in [0.2, 0.25) is 0 Å². The SMILES string of the molecule is CCC(=O)Cn1ccc(=O)c([N+](=O)[O-])c1. The Morgan fingerprint density at radius 1 is 1.60 bits per heavy atom. The zero-order chi connectivity index (χ0) is 11.4. The molecule has 15 heavy (non-hydrogen) atoms. The van der Waals surface area contributed by atoms with Gasteiger partial charge in [-0.15, -0.1) is 0 Å². The maximum Gasteiger partial charge on any atom is 0.332 e. The van der Waals surface area contributed by atoms with Crippen molar-refractivity contribution in [3.63, 3.8) is 0 Å². The first-order valence-electron chi connectivity index (χ1n) is 4.40. The summed E-state index contributed by atoms with van der Waals surface area (Å²) < 4.78 is 1.34. The summed E-state index contributed by atoms with van der Waals surface area (Å²) in [5.41, 5.74) is -1.17. The molecule has 1 heterocycles. The lowest BCUT2D eigenvalue weighted by molar-refractivity contribution is -0.386. The van der Waals surface area contributed by atoms with E-state index in [0.717, 1.165) is 12.3 Å². The number of aromatic nitrogens is 1. The standard InChI is InChI=1S/C9H10N2O4/c1-2-7(12)5-10-4-3-9(13)8(6-10)11(14)15/h3-4,6H,2,5H2,1H3. The van der Waals surface area contributed by atoms with Crippen LogP contribution in [-0.4, -0.2) is 15.3 Å². The topological polar surface area (TPSA) is 82.2 Å². The first kappa shape index (κ1) is 11.1. The molecule has 0 aliphatic rings. The van der Waals surface area contributed by atoms with Gasteiger partial charge in [0.25, 0.3) is 5.43 Å². The van der Waals surface area contributed by atoms with E-state index in [9.17, 15) is 19.7 Å². The fourth-order valence-corrected chi connectivity index (χ4v) is 1.06. The molecule has 0 spiro atoms. The van der Waals surface area contributed by atoms with Crippen molar-refractivity contribution in [3.8, 4) is 0 Å². The van der Waals surface area contributed by atoms with Crippen molar-refractivity contribution in [2.75, 3.05) is 0 Å². The fourth-order valence-electron chi connectivity index (χ4n) is 1.06. The number of carbonyl (C=O) groups excluding carboxylic acids is 1. The van der Waals surface area contributed by atoms with E-state index in [0.29, 0.717) is 6.42 Å². The average molecular weight is 210 g/mol. The van der Waals surface area contributed by atoms with Crippen LogP contribution in [0.5, 0.6) is 0 Å². The molecule has 1 rings (SSSR count). The summed E-state index contributed by atoms with van der Waals surface area (Å²) in [5.74, 6) is -0.0482. The number of carbonyl (C=O) groups is 1. The Bertz CT molecular complexity index is 450. The van der Waals surface area contributed by atoms with E-state index in [1.807, 2.05) is 0 Å². The fraction of sp³-hybridized carbons (Fsp3) is 0.333. The molecule has 0 N–H and O–H groups in total. The Hall–Kier alpha value is -1.98. The predicted octanol–water partition coefficient (Wildman–Crippen LogP) is 0.736. The molecule has 0 aliphatic heterocycles. The van der Waals surface area contributed by atoms with Gasteiger partial charge in [-0.25, -0.2) is 0 Å². The zero-order valence-electron chi connectivity index (χ0n) is 8.17. The van der Waals surface area contributed by atoms with Crippen LogP contribution in [-0.2, 0) is 11.3 Å². The lowest BCUT2D eigenvalue weighted by Gasteiger charge is -2.02. The molecule has 0 saturated carbocycles. The molecule has 0 unspecified atom stereocenters. The Morgan fingerprint density at radius 3 is 2.80 bits per heavy atom. The van der Waals surface area contributed by atoms with Crippen molar-refractivity contribution in [1.29, 1.82) is 0 Å². The number of Topliss-reactive ketones (excluding diaryl/α,β-unsaturated/α-hetero) is 1. The molecular formula is C9H10N2O4.